The number of hydrogen-bond donors (Lipinski definition) is 3. The largest absolute Gasteiger partial charge is 0.481 e. The minimum Gasteiger partial charge on any atom is -0.481 e. The van der Waals surface area contributed by atoms with E-state index in [2.05, 4.69) is 40.6 Å². The number of carbonyl (C=O) groups excluding carboxylic acids is 1. The van der Waals surface area contributed by atoms with Crippen LogP contribution in [0.1, 0.15) is 62.9 Å². The lowest BCUT2D eigenvalue weighted by atomic mass is 9.88. The monoisotopic (exact) mass is 792 g/mol. The summed E-state index contributed by atoms with van der Waals surface area (Å²) >= 11 is 3.07. The molecule has 0 radical (unpaired) electrons. The average Bonchev–Trinajstić information content (AvgIpc) is 4.00. The number of hydrogen-bond acceptors (Lipinski definition) is 13. The van der Waals surface area contributed by atoms with Crippen molar-refractivity contribution in [2.45, 2.75) is 58.5 Å². The first-order chi connectivity index (χ1) is 27.2. The Hall–Kier alpha value is -5.74. The molecular weight excluding hydrogens is 759 g/mol. The van der Waals surface area contributed by atoms with E-state index in [1.54, 1.807) is 35.9 Å². The van der Waals surface area contributed by atoms with Gasteiger partial charge in [0.05, 0.1) is 53.7 Å². The highest BCUT2D eigenvalue weighted by molar-refractivity contribution is 7.19. The third-order valence-electron chi connectivity index (χ3n) is 10.6. The molecule has 12 nitrogen and oxygen atoms in total. The lowest BCUT2D eigenvalue weighted by molar-refractivity contribution is -0.148. The van der Waals surface area contributed by atoms with Gasteiger partial charge in [0, 0.05) is 22.2 Å². The number of ether oxygens (including phenoxy) is 1. The van der Waals surface area contributed by atoms with Gasteiger partial charge in [0.2, 0.25) is 0 Å². The molecule has 16 heteroatoms. The summed E-state index contributed by atoms with van der Waals surface area (Å²) in [6.45, 7) is 3.24. The lowest BCUT2D eigenvalue weighted by Crippen LogP contribution is -2.23. The molecule has 0 saturated carbocycles. The van der Waals surface area contributed by atoms with Crippen LogP contribution >= 0.6 is 22.7 Å². The summed E-state index contributed by atoms with van der Waals surface area (Å²) in [4.78, 5) is 53.1. The maximum atomic E-state index is 14.6. The number of fused-ring (bicyclic) bond motifs is 8. The van der Waals surface area contributed by atoms with Gasteiger partial charge in [0.25, 0.3) is 0 Å². The summed E-state index contributed by atoms with van der Waals surface area (Å²) in [5.74, 6) is -0.896. The second kappa shape index (κ2) is 14.7. The summed E-state index contributed by atoms with van der Waals surface area (Å²) in [7, 11) is 0. The van der Waals surface area contributed by atoms with Gasteiger partial charge >= 0.3 is 11.9 Å². The Morgan fingerprint density at radius 2 is 1.27 bits per heavy atom. The number of rotatable bonds is 7. The summed E-state index contributed by atoms with van der Waals surface area (Å²) < 4.78 is 34.3. The second-order valence-corrected chi connectivity index (χ2v) is 16.2. The zero-order valence-corrected chi connectivity index (χ0v) is 31.7. The number of benzene rings is 2. The Balaban J connectivity index is 0.000000147. The van der Waals surface area contributed by atoms with Crippen LogP contribution in [0.2, 0.25) is 0 Å². The first-order valence-corrected chi connectivity index (χ1v) is 20.0. The van der Waals surface area contributed by atoms with Crippen molar-refractivity contribution in [1.82, 2.24) is 19.9 Å². The van der Waals surface area contributed by atoms with Crippen LogP contribution in [0.25, 0.3) is 20.4 Å². The molecule has 2 aliphatic carbocycles. The van der Waals surface area contributed by atoms with Crippen molar-refractivity contribution in [2.75, 3.05) is 17.2 Å². The maximum Gasteiger partial charge on any atom is 0.309 e. The van der Waals surface area contributed by atoms with Crippen molar-refractivity contribution >= 4 is 90.5 Å². The molecule has 56 heavy (non-hydrogen) atoms. The number of halogens is 2. The van der Waals surface area contributed by atoms with Gasteiger partial charge in [0.15, 0.2) is 0 Å². The van der Waals surface area contributed by atoms with Crippen LogP contribution in [0.4, 0.5) is 31.8 Å². The van der Waals surface area contributed by atoms with E-state index in [0.29, 0.717) is 68.4 Å². The molecule has 0 spiro atoms. The molecule has 0 fully saturated rings. The first-order valence-electron chi connectivity index (χ1n) is 18.3. The zero-order valence-electron chi connectivity index (χ0n) is 30.1. The predicted molar refractivity (Wildman–Crippen MR) is 212 cm³/mol. The SMILES string of the molecule is CCOC(=O)[C@H]1CCc2c(sc3ncnc(Nc4cc5c(cc4F)CN=C5)c23)C1.O=C(O)[C@H]1CCc2c(sc3ncnc(Nc4cc5c(cc4F)CN=C5)c23)C1. The smallest absolute Gasteiger partial charge is 0.309 e. The van der Waals surface area contributed by atoms with Crippen LogP contribution in [0, 0.1) is 23.5 Å². The molecule has 0 amide bonds. The van der Waals surface area contributed by atoms with E-state index in [4.69, 9.17) is 4.74 Å². The molecule has 0 bridgehead atoms. The summed E-state index contributed by atoms with van der Waals surface area (Å²) in [5.41, 5.74) is 6.54. The molecule has 2 aliphatic heterocycles. The van der Waals surface area contributed by atoms with Gasteiger partial charge in [-0.3, -0.25) is 19.6 Å². The number of anilines is 4. The van der Waals surface area contributed by atoms with Crippen molar-refractivity contribution < 1.29 is 28.2 Å². The van der Waals surface area contributed by atoms with Crippen LogP contribution in [0.5, 0.6) is 0 Å². The van der Waals surface area contributed by atoms with Gasteiger partial charge < -0.3 is 20.5 Å². The third-order valence-corrected chi connectivity index (χ3v) is 12.9. The number of aromatic nitrogens is 4. The van der Waals surface area contributed by atoms with E-state index in [9.17, 15) is 23.5 Å². The molecule has 6 aromatic rings. The minimum atomic E-state index is -0.760. The fourth-order valence-electron chi connectivity index (χ4n) is 7.79. The Bertz CT molecular complexity index is 2640. The van der Waals surface area contributed by atoms with Gasteiger partial charge in [-0.05, 0) is 103 Å². The summed E-state index contributed by atoms with van der Waals surface area (Å²) in [6, 6.07) is 6.54. The number of nitrogens with zero attached hydrogens (tertiary/aromatic N) is 6. The highest BCUT2D eigenvalue weighted by Gasteiger charge is 2.31. The first kappa shape index (κ1) is 35.9. The average molecular weight is 793 g/mol. The molecule has 0 unspecified atom stereocenters. The third kappa shape index (κ3) is 6.66. The van der Waals surface area contributed by atoms with Crippen molar-refractivity contribution in [3.8, 4) is 0 Å². The molecule has 2 atom stereocenters. The van der Waals surface area contributed by atoms with E-state index in [-0.39, 0.29) is 29.4 Å². The molecule has 284 valence electrons. The second-order valence-electron chi connectivity index (χ2n) is 14.0. The number of aliphatic carboxylic acids is 1. The van der Waals surface area contributed by atoms with Gasteiger partial charge in [-0.25, -0.2) is 28.7 Å². The number of esters is 1. The van der Waals surface area contributed by atoms with Gasteiger partial charge in [0.1, 0.15) is 45.6 Å². The van der Waals surface area contributed by atoms with Crippen LogP contribution in [-0.4, -0.2) is 56.0 Å². The number of nitrogens with one attached hydrogen (secondary N) is 2. The Morgan fingerprint density at radius 1 is 0.768 bits per heavy atom. The van der Waals surface area contributed by atoms with Crippen LogP contribution in [-0.2, 0) is 53.1 Å². The van der Waals surface area contributed by atoms with Crippen molar-refractivity contribution in [3.05, 3.63) is 91.7 Å². The van der Waals surface area contributed by atoms with Crippen LogP contribution in [0.3, 0.4) is 0 Å². The normalized spacial score (nSPS) is 17.5. The van der Waals surface area contributed by atoms with Crippen molar-refractivity contribution in [1.29, 1.82) is 0 Å². The molecule has 2 aromatic carbocycles. The number of carboxylic acid groups (broad SMARTS) is 1. The zero-order chi connectivity index (χ0) is 38.5. The van der Waals surface area contributed by atoms with Crippen molar-refractivity contribution in [2.24, 2.45) is 21.8 Å². The van der Waals surface area contributed by atoms with Crippen LogP contribution < -0.4 is 10.6 Å². The van der Waals surface area contributed by atoms with E-state index >= 15 is 0 Å². The fraction of sp³-hybridized carbons (Fsp3) is 0.300. The van der Waals surface area contributed by atoms with Crippen LogP contribution in [0.15, 0.2) is 46.9 Å². The Kier molecular flexibility index (Phi) is 9.45. The Morgan fingerprint density at radius 3 is 1.77 bits per heavy atom. The van der Waals surface area contributed by atoms with E-state index in [1.165, 1.54) is 36.1 Å². The number of aliphatic imine (C=N–C) groups is 2. The quantitative estimate of drug-likeness (QED) is 0.136. The molecule has 0 saturated heterocycles. The maximum absolute atomic E-state index is 14.6. The highest BCUT2D eigenvalue weighted by atomic mass is 32.1. The number of aryl methyl sites for hydroxylation is 2. The van der Waals surface area contributed by atoms with Gasteiger partial charge in [-0.15, -0.1) is 22.7 Å². The molecular formula is C40H34F2N8O4S2. The molecule has 10 rings (SSSR count). The van der Waals surface area contributed by atoms with E-state index in [1.807, 2.05) is 6.92 Å². The minimum absolute atomic E-state index is 0.117. The lowest BCUT2D eigenvalue weighted by Gasteiger charge is -2.20. The summed E-state index contributed by atoms with van der Waals surface area (Å²) in [6.07, 6.45) is 10.3. The number of carbonyl (C=O) groups is 2. The molecule has 4 aliphatic rings. The number of carboxylic acids is 1. The molecule has 6 heterocycles. The van der Waals surface area contributed by atoms with E-state index < -0.39 is 5.97 Å². The van der Waals surface area contributed by atoms with Gasteiger partial charge in [-0.1, -0.05) is 0 Å². The fourth-order valence-corrected chi connectivity index (χ4v) is 10.3. The molecule has 3 N–H and O–H groups in total. The standard InChI is InChI=1S/C21H19FN4O2S.C19H15FN4O2S/c1-2-28-21(27)11-3-4-14-17(7-11)29-20-18(14)19(24-10-25-20)26-16-6-13-9-23-8-12(13)5-15(16)22;20-13-3-10-6-21-7-11(10)4-14(13)24-17-16-12-2-1-9(19(25)26)5-15(12)27-18(16)23-8-22-17/h5-6,9-11H,2-4,7-8H2,1H3,(H,24,25,26);3-4,7-9H,1-2,5-6H2,(H,25,26)(H,22,23,24)/t11-;9-/m00/s1. The summed E-state index contributed by atoms with van der Waals surface area (Å²) in [5, 5.41) is 17.4. The topological polar surface area (TPSA) is 164 Å². The van der Waals surface area contributed by atoms with E-state index in [0.717, 1.165) is 76.4 Å². The number of thiophene rings is 2. The van der Waals surface area contributed by atoms with Crippen molar-refractivity contribution in [3.63, 3.8) is 0 Å². The highest BCUT2D eigenvalue weighted by Crippen LogP contribution is 2.42. The Labute approximate surface area is 326 Å². The van der Waals surface area contributed by atoms with Gasteiger partial charge in [-0.2, -0.15) is 0 Å². The molecule has 4 aromatic heterocycles. The predicted octanol–water partition coefficient (Wildman–Crippen LogP) is 7.87.